The summed E-state index contributed by atoms with van der Waals surface area (Å²) in [4.78, 5) is 26.4. The molecule has 3 rings (SSSR count). The van der Waals surface area contributed by atoms with Gasteiger partial charge in [-0.3, -0.25) is 4.79 Å². The molecule has 2 heterocycles. The van der Waals surface area contributed by atoms with Gasteiger partial charge in [0.2, 0.25) is 0 Å². The zero-order chi connectivity index (χ0) is 18.0. The molecule has 2 aromatic rings. The van der Waals surface area contributed by atoms with Gasteiger partial charge >= 0.3 is 12.6 Å². The molecule has 1 amide bonds. The molecule has 1 aromatic heterocycles. The zero-order valence-electron chi connectivity index (χ0n) is 13.0. The van der Waals surface area contributed by atoms with E-state index < -0.39 is 18.6 Å². The Kier molecular flexibility index (Phi) is 4.98. The average Bonchev–Trinajstić information content (AvgIpc) is 3.24. The summed E-state index contributed by atoms with van der Waals surface area (Å²) in [6, 6.07) is 8.77. The number of nitrogens with zero attached hydrogens (tertiary/aromatic N) is 1. The van der Waals surface area contributed by atoms with E-state index in [9.17, 15) is 23.5 Å². The van der Waals surface area contributed by atoms with E-state index in [2.05, 4.69) is 4.74 Å². The van der Waals surface area contributed by atoms with Crippen LogP contribution in [0.2, 0.25) is 0 Å². The van der Waals surface area contributed by atoms with Gasteiger partial charge in [0.05, 0.1) is 4.88 Å². The maximum atomic E-state index is 12.6. The number of rotatable bonds is 5. The van der Waals surface area contributed by atoms with Crippen molar-refractivity contribution >= 4 is 23.2 Å². The maximum absolute atomic E-state index is 12.6. The first-order valence-corrected chi connectivity index (χ1v) is 8.46. The van der Waals surface area contributed by atoms with Crippen molar-refractivity contribution in [2.24, 2.45) is 0 Å². The molecular formula is C17H15F2NO4S. The normalized spacial score (nSPS) is 17.1. The number of alkyl halides is 2. The maximum Gasteiger partial charge on any atom is 0.387 e. The van der Waals surface area contributed by atoms with E-state index in [0.717, 1.165) is 10.4 Å². The summed E-state index contributed by atoms with van der Waals surface area (Å²) in [5.41, 5.74) is 0.766. The highest BCUT2D eigenvalue weighted by Gasteiger charge is 2.34. The van der Waals surface area contributed by atoms with Gasteiger partial charge in [0.25, 0.3) is 5.91 Å². The Balaban J connectivity index is 1.76. The number of ether oxygens (including phenoxy) is 1. The summed E-state index contributed by atoms with van der Waals surface area (Å²) in [7, 11) is 0. The number of carbonyl (C=O) groups is 2. The van der Waals surface area contributed by atoms with Crippen LogP contribution >= 0.6 is 11.3 Å². The van der Waals surface area contributed by atoms with Crippen LogP contribution in [0, 0.1) is 0 Å². The highest BCUT2D eigenvalue weighted by molar-refractivity contribution is 7.17. The molecule has 0 unspecified atom stereocenters. The van der Waals surface area contributed by atoms with Gasteiger partial charge in [-0.1, -0.05) is 0 Å². The van der Waals surface area contributed by atoms with E-state index in [1.807, 2.05) is 0 Å². The largest absolute Gasteiger partial charge is 0.480 e. The van der Waals surface area contributed by atoms with Gasteiger partial charge < -0.3 is 14.7 Å². The first-order chi connectivity index (χ1) is 12.0. The molecule has 132 valence electrons. The van der Waals surface area contributed by atoms with Crippen LogP contribution in [0.15, 0.2) is 36.4 Å². The molecule has 5 nitrogen and oxygen atoms in total. The smallest absolute Gasteiger partial charge is 0.387 e. The summed E-state index contributed by atoms with van der Waals surface area (Å²) in [6.45, 7) is -2.44. The van der Waals surface area contributed by atoms with Crippen molar-refractivity contribution in [3.63, 3.8) is 0 Å². The number of likely N-dealkylation sites (tertiary alicyclic amines) is 1. The van der Waals surface area contributed by atoms with E-state index in [1.165, 1.54) is 28.4 Å². The van der Waals surface area contributed by atoms with E-state index in [4.69, 9.17) is 0 Å². The summed E-state index contributed by atoms with van der Waals surface area (Å²) < 4.78 is 28.6. The van der Waals surface area contributed by atoms with Crippen LogP contribution in [0.5, 0.6) is 5.75 Å². The van der Waals surface area contributed by atoms with Crippen molar-refractivity contribution in [3.8, 4) is 16.2 Å². The lowest BCUT2D eigenvalue weighted by molar-refractivity contribution is -0.141. The number of hydrogen-bond donors (Lipinski definition) is 1. The Morgan fingerprint density at radius 3 is 2.56 bits per heavy atom. The lowest BCUT2D eigenvalue weighted by Gasteiger charge is -2.20. The van der Waals surface area contributed by atoms with Gasteiger partial charge in [-0.25, -0.2) is 4.79 Å². The third-order valence-corrected chi connectivity index (χ3v) is 5.10. The number of thiophene rings is 1. The van der Waals surface area contributed by atoms with Gasteiger partial charge in [-0.2, -0.15) is 8.78 Å². The van der Waals surface area contributed by atoms with Crippen molar-refractivity contribution < 1.29 is 28.2 Å². The van der Waals surface area contributed by atoms with Crippen LogP contribution in [-0.4, -0.2) is 41.1 Å². The van der Waals surface area contributed by atoms with Crippen molar-refractivity contribution in [2.45, 2.75) is 25.5 Å². The molecular weight excluding hydrogens is 352 g/mol. The molecule has 8 heteroatoms. The molecule has 0 bridgehead atoms. The summed E-state index contributed by atoms with van der Waals surface area (Å²) >= 11 is 1.24. The molecule has 1 fully saturated rings. The lowest BCUT2D eigenvalue weighted by atomic mass is 10.2. The predicted molar refractivity (Wildman–Crippen MR) is 88.1 cm³/mol. The first-order valence-electron chi connectivity index (χ1n) is 7.64. The van der Waals surface area contributed by atoms with Crippen molar-refractivity contribution in [3.05, 3.63) is 41.3 Å². The van der Waals surface area contributed by atoms with Gasteiger partial charge in [-0.05, 0) is 54.8 Å². The van der Waals surface area contributed by atoms with Gasteiger partial charge in [0.1, 0.15) is 11.8 Å². The molecule has 1 aromatic carbocycles. The molecule has 1 aliphatic rings. The number of carboxylic acids is 1. The molecule has 0 radical (unpaired) electrons. The van der Waals surface area contributed by atoms with Crippen LogP contribution in [-0.2, 0) is 4.79 Å². The fraction of sp³-hybridized carbons (Fsp3) is 0.294. The minimum Gasteiger partial charge on any atom is -0.480 e. The van der Waals surface area contributed by atoms with Crippen LogP contribution in [0.3, 0.4) is 0 Å². The molecule has 1 N–H and O–H groups in total. The minimum absolute atomic E-state index is 0.0629. The number of carbonyl (C=O) groups excluding carboxylic acids is 1. The molecule has 25 heavy (non-hydrogen) atoms. The number of halogens is 2. The van der Waals surface area contributed by atoms with E-state index in [0.29, 0.717) is 24.3 Å². The molecule has 0 saturated carbocycles. The van der Waals surface area contributed by atoms with E-state index in [-0.39, 0.29) is 11.7 Å². The van der Waals surface area contributed by atoms with Gasteiger partial charge in [0.15, 0.2) is 0 Å². The Bertz CT molecular complexity index is 775. The van der Waals surface area contributed by atoms with Crippen molar-refractivity contribution in [2.75, 3.05) is 6.54 Å². The number of hydrogen-bond acceptors (Lipinski definition) is 4. The van der Waals surface area contributed by atoms with E-state index in [1.54, 1.807) is 24.3 Å². The van der Waals surface area contributed by atoms with Crippen molar-refractivity contribution in [1.29, 1.82) is 0 Å². The molecule has 1 saturated heterocycles. The van der Waals surface area contributed by atoms with Crippen LogP contribution in [0.1, 0.15) is 22.5 Å². The van der Waals surface area contributed by atoms with Gasteiger partial charge in [-0.15, -0.1) is 11.3 Å². The topological polar surface area (TPSA) is 66.8 Å². The molecule has 0 spiro atoms. The first kappa shape index (κ1) is 17.3. The van der Waals surface area contributed by atoms with Gasteiger partial charge in [0, 0.05) is 11.4 Å². The highest BCUT2D eigenvalue weighted by atomic mass is 32.1. The number of aliphatic carboxylic acids is 1. The zero-order valence-corrected chi connectivity index (χ0v) is 13.8. The Hall–Kier alpha value is -2.48. The fourth-order valence-electron chi connectivity index (χ4n) is 2.82. The predicted octanol–water partition coefficient (Wildman–Crippen LogP) is 3.71. The average molecular weight is 367 g/mol. The van der Waals surface area contributed by atoms with Crippen molar-refractivity contribution in [1.82, 2.24) is 4.90 Å². The minimum atomic E-state index is -2.88. The molecule has 1 aliphatic heterocycles. The quantitative estimate of drug-likeness (QED) is 0.875. The monoisotopic (exact) mass is 367 g/mol. The number of benzene rings is 1. The fourth-order valence-corrected chi connectivity index (χ4v) is 3.78. The second-order valence-corrected chi connectivity index (χ2v) is 6.65. The lowest BCUT2D eigenvalue weighted by Crippen LogP contribution is -2.40. The number of carboxylic acid groups (broad SMARTS) is 1. The highest BCUT2D eigenvalue weighted by Crippen LogP contribution is 2.31. The summed E-state index contributed by atoms with van der Waals surface area (Å²) in [6.07, 6.45) is 1.14. The van der Waals surface area contributed by atoms with Crippen LogP contribution in [0.25, 0.3) is 10.4 Å². The Morgan fingerprint density at radius 2 is 1.92 bits per heavy atom. The Morgan fingerprint density at radius 1 is 1.20 bits per heavy atom. The SMILES string of the molecule is O=C(O)[C@@H]1CCCN1C(=O)c1ccc(-c2ccc(OC(F)F)cc2)s1. The molecule has 1 atom stereocenters. The third-order valence-electron chi connectivity index (χ3n) is 3.98. The second-order valence-electron chi connectivity index (χ2n) is 5.56. The summed E-state index contributed by atoms with van der Waals surface area (Å²) in [5.74, 6) is -1.22. The molecule has 0 aliphatic carbocycles. The second kappa shape index (κ2) is 7.18. The van der Waals surface area contributed by atoms with Crippen LogP contribution < -0.4 is 4.74 Å². The summed E-state index contributed by atoms with van der Waals surface area (Å²) in [5, 5.41) is 9.20. The Labute approximate surface area is 146 Å². The third kappa shape index (κ3) is 3.79. The number of amides is 1. The van der Waals surface area contributed by atoms with E-state index >= 15 is 0 Å². The standard InChI is InChI=1S/C17H15F2NO4S/c18-17(19)24-11-5-3-10(4-6-11)13-7-8-14(25-13)15(21)20-9-1-2-12(20)16(22)23/h3-8,12,17H,1-2,9H2,(H,22,23)/t12-/m0/s1. The van der Waals surface area contributed by atoms with Crippen LogP contribution in [0.4, 0.5) is 8.78 Å².